The number of aromatic nitrogens is 1. The molecule has 0 atom stereocenters. The van der Waals surface area contributed by atoms with Crippen molar-refractivity contribution in [2.45, 2.75) is 13.5 Å². The van der Waals surface area contributed by atoms with E-state index in [2.05, 4.69) is 5.32 Å². The van der Waals surface area contributed by atoms with Crippen LogP contribution in [-0.4, -0.2) is 10.5 Å². The fourth-order valence-corrected chi connectivity index (χ4v) is 3.05. The fourth-order valence-electron chi connectivity index (χ4n) is 3.05. The molecule has 0 saturated carbocycles. The summed E-state index contributed by atoms with van der Waals surface area (Å²) in [5.41, 5.74) is 4.63. The van der Waals surface area contributed by atoms with Gasteiger partial charge in [-0.2, -0.15) is 0 Å². The maximum Gasteiger partial charge on any atom is 0.272 e. The van der Waals surface area contributed by atoms with Crippen LogP contribution in [0.4, 0.5) is 10.1 Å². The highest BCUT2D eigenvalue weighted by Crippen LogP contribution is 2.24. The number of amides is 1. The Morgan fingerprint density at radius 1 is 1.12 bits per heavy atom. The molecule has 1 N–H and O–H groups in total. The predicted molar refractivity (Wildman–Crippen MR) is 98.8 cm³/mol. The maximum atomic E-state index is 13.4. The van der Waals surface area contributed by atoms with Crippen LogP contribution in [0.25, 0.3) is 11.1 Å². The van der Waals surface area contributed by atoms with Gasteiger partial charge in [-0.25, -0.2) is 4.39 Å². The molecule has 0 aliphatic carbocycles. The van der Waals surface area contributed by atoms with Crippen LogP contribution < -0.4 is 5.32 Å². The van der Waals surface area contributed by atoms with Crippen LogP contribution >= 0.6 is 0 Å². The number of rotatable bonds is 4. The molecule has 1 amide bonds. The van der Waals surface area contributed by atoms with E-state index in [1.54, 1.807) is 24.5 Å². The largest absolute Gasteiger partial charge is 0.463 e. The quantitative estimate of drug-likeness (QED) is 0.565. The van der Waals surface area contributed by atoms with Crippen molar-refractivity contribution in [2.24, 2.45) is 0 Å². The lowest BCUT2D eigenvalue weighted by molar-refractivity contribution is 0.101. The van der Waals surface area contributed by atoms with E-state index in [0.29, 0.717) is 23.5 Å². The molecule has 0 aliphatic rings. The second-order valence-electron chi connectivity index (χ2n) is 6.18. The van der Waals surface area contributed by atoms with Gasteiger partial charge in [-0.05, 0) is 36.2 Å². The SMILES string of the molecule is Cc1ccccc1Cn1c(C(=O)Nc2cccc(F)c2)cc2occc21. The first-order chi connectivity index (χ1) is 12.6. The van der Waals surface area contributed by atoms with Crippen molar-refractivity contribution in [1.29, 1.82) is 0 Å². The summed E-state index contributed by atoms with van der Waals surface area (Å²) in [5, 5.41) is 2.75. The molecule has 0 radical (unpaired) electrons. The fraction of sp³-hybridized carbons (Fsp3) is 0.0952. The first kappa shape index (κ1) is 16.1. The first-order valence-corrected chi connectivity index (χ1v) is 8.30. The number of fused-ring (bicyclic) bond motifs is 1. The third-order valence-corrected chi connectivity index (χ3v) is 4.43. The van der Waals surface area contributed by atoms with E-state index in [1.165, 1.54) is 12.1 Å². The Hall–Kier alpha value is -3.34. The van der Waals surface area contributed by atoms with Crippen LogP contribution in [-0.2, 0) is 6.54 Å². The lowest BCUT2D eigenvalue weighted by atomic mass is 10.1. The topological polar surface area (TPSA) is 47.2 Å². The summed E-state index contributed by atoms with van der Waals surface area (Å²) in [6.45, 7) is 2.58. The van der Waals surface area contributed by atoms with Crippen LogP contribution in [0, 0.1) is 12.7 Å². The van der Waals surface area contributed by atoms with Crippen molar-refractivity contribution >= 4 is 22.7 Å². The van der Waals surface area contributed by atoms with E-state index in [-0.39, 0.29) is 5.91 Å². The average Bonchev–Trinajstić information content (AvgIpc) is 3.19. The molecule has 4 rings (SSSR count). The molecular weight excluding hydrogens is 331 g/mol. The number of anilines is 1. The zero-order valence-electron chi connectivity index (χ0n) is 14.2. The Kier molecular flexibility index (Phi) is 4.05. The third kappa shape index (κ3) is 2.99. The lowest BCUT2D eigenvalue weighted by Gasteiger charge is -2.12. The summed E-state index contributed by atoms with van der Waals surface area (Å²) >= 11 is 0. The summed E-state index contributed by atoms with van der Waals surface area (Å²) in [6, 6.07) is 17.4. The minimum Gasteiger partial charge on any atom is -0.463 e. The molecule has 0 spiro atoms. The van der Waals surface area contributed by atoms with Gasteiger partial charge in [-0.15, -0.1) is 0 Å². The molecule has 4 nitrogen and oxygen atoms in total. The third-order valence-electron chi connectivity index (χ3n) is 4.43. The number of halogens is 1. The number of hydrogen-bond donors (Lipinski definition) is 1. The maximum absolute atomic E-state index is 13.4. The lowest BCUT2D eigenvalue weighted by Crippen LogP contribution is -2.17. The molecule has 5 heteroatoms. The number of benzene rings is 2. The molecule has 2 heterocycles. The summed E-state index contributed by atoms with van der Waals surface area (Å²) in [6.07, 6.45) is 1.60. The van der Waals surface area contributed by atoms with Gasteiger partial charge in [0, 0.05) is 24.4 Å². The Balaban J connectivity index is 1.72. The minimum absolute atomic E-state index is 0.310. The van der Waals surface area contributed by atoms with Crippen molar-refractivity contribution in [1.82, 2.24) is 4.57 Å². The zero-order valence-corrected chi connectivity index (χ0v) is 14.2. The van der Waals surface area contributed by atoms with Gasteiger partial charge in [0.05, 0.1) is 11.8 Å². The van der Waals surface area contributed by atoms with E-state index >= 15 is 0 Å². The number of carbonyl (C=O) groups is 1. The second-order valence-corrected chi connectivity index (χ2v) is 6.18. The monoisotopic (exact) mass is 348 g/mol. The van der Waals surface area contributed by atoms with Gasteiger partial charge in [0.15, 0.2) is 5.58 Å². The Labute approximate surface area is 149 Å². The summed E-state index contributed by atoms with van der Waals surface area (Å²) in [4.78, 5) is 12.8. The number of nitrogens with one attached hydrogen (secondary N) is 1. The van der Waals surface area contributed by atoms with Crippen LogP contribution in [0.2, 0.25) is 0 Å². The van der Waals surface area contributed by atoms with Gasteiger partial charge >= 0.3 is 0 Å². The second kappa shape index (κ2) is 6.52. The van der Waals surface area contributed by atoms with Crippen molar-refractivity contribution in [2.75, 3.05) is 5.32 Å². The molecule has 0 fully saturated rings. The van der Waals surface area contributed by atoms with Gasteiger partial charge in [0.25, 0.3) is 5.91 Å². The van der Waals surface area contributed by atoms with Gasteiger partial charge in [0.1, 0.15) is 11.5 Å². The molecule has 4 aromatic rings. The normalized spacial score (nSPS) is 11.0. The standard InChI is InChI=1S/C21H17FN2O2/c1-14-5-2-3-6-15(14)13-24-18-9-10-26-20(18)12-19(24)21(25)23-17-8-4-7-16(22)11-17/h2-12H,13H2,1H3,(H,23,25). The van der Waals surface area contributed by atoms with Crippen molar-refractivity contribution in [3.05, 3.63) is 89.6 Å². The van der Waals surface area contributed by atoms with Crippen molar-refractivity contribution in [3.63, 3.8) is 0 Å². The van der Waals surface area contributed by atoms with E-state index in [0.717, 1.165) is 16.6 Å². The number of carbonyl (C=O) groups excluding carboxylic acids is 1. The smallest absolute Gasteiger partial charge is 0.272 e. The Bertz CT molecular complexity index is 1090. The first-order valence-electron chi connectivity index (χ1n) is 8.30. The molecule has 0 unspecified atom stereocenters. The number of aryl methyl sites for hydroxylation is 1. The van der Waals surface area contributed by atoms with E-state index < -0.39 is 5.82 Å². The van der Waals surface area contributed by atoms with Crippen LogP contribution in [0.1, 0.15) is 21.6 Å². The molecular formula is C21H17FN2O2. The molecule has 2 aromatic heterocycles. The summed E-state index contributed by atoms with van der Waals surface area (Å²) < 4.78 is 20.8. The van der Waals surface area contributed by atoms with Crippen LogP contribution in [0.15, 0.2) is 71.3 Å². The Morgan fingerprint density at radius 3 is 2.77 bits per heavy atom. The van der Waals surface area contributed by atoms with Gasteiger partial charge in [0.2, 0.25) is 0 Å². The average molecular weight is 348 g/mol. The van der Waals surface area contributed by atoms with Gasteiger partial charge in [-0.1, -0.05) is 30.3 Å². The van der Waals surface area contributed by atoms with E-state index in [4.69, 9.17) is 4.42 Å². The molecule has 26 heavy (non-hydrogen) atoms. The van der Waals surface area contributed by atoms with E-state index in [9.17, 15) is 9.18 Å². The molecule has 0 saturated heterocycles. The molecule has 0 aliphatic heterocycles. The molecule has 2 aromatic carbocycles. The highest BCUT2D eigenvalue weighted by atomic mass is 19.1. The highest BCUT2D eigenvalue weighted by Gasteiger charge is 2.18. The van der Waals surface area contributed by atoms with Crippen LogP contribution in [0.5, 0.6) is 0 Å². The van der Waals surface area contributed by atoms with E-state index in [1.807, 2.05) is 41.8 Å². The van der Waals surface area contributed by atoms with Crippen molar-refractivity contribution in [3.8, 4) is 0 Å². The highest BCUT2D eigenvalue weighted by molar-refractivity contribution is 6.05. The predicted octanol–water partition coefficient (Wildman–Crippen LogP) is 4.98. The van der Waals surface area contributed by atoms with Gasteiger partial charge in [-0.3, -0.25) is 4.79 Å². The van der Waals surface area contributed by atoms with Gasteiger partial charge < -0.3 is 14.3 Å². The minimum atomic E-state index is -0.396. The Morgan fingerprint density at radius 2 is 1.96 bits per heavy atom. The molecule has 0 bridgehead atoms. The number of nitrogens with zero attached hydrogens (tertiary/aromatic N) is 1. The van der Waals surface area contributed by atoms with Crippen LogP contribution in [0.3, 0.4) is 0 Å². The number of furan rings is 1. The zero-order chi connectivity index (χ0) is 18.1. The number of hydrogen-bond acceptors (Lipinski definition) is 2. The summed E-state index contributed by atoms with van der Waals surface area (Å²) in [5.74, 6) is -0.706. The molecule has 130 valence electrons. The summed E-state index contributed by atoms with van der Waals surface area (Å²) in [7, 11) is 0. The van der Waals surface area contributed by atoms with Crippen molar-refractivity contribution < 1.29 is 13.6 Å².